The second kappa shape index (κ2) is 14.8. The molecule has 0 bridgehead atoms. The van der Waals surface area contributed by atoms with E-state index in [1.807, 2.05) is 36.4 Å². The zero-order chi connectivity index (χ0) is 28.2. The normalized spacial score (nSPS) is 15.7. The van der Waals surface area contributed by atoms with Crippen molar-refractivity contribution in [1.29, 1.82) is 0 Å². The standard InChI is InChI=1S/C28H38N4O6/c1-4-17(2)23(28(37)38)31-27(36)24(18(3)33)32-26(35)22(16-20-13-9-6-10-14-20)30-25(34)21(29)15-19-11-7-5-8-12-19/h5-14,17-18,21-24,33H,4,15-16,29H2,1-3H3,(H,30,34)(H,31,36)(H,32,35)(H,37,38). The molecule has 0 aliphatic carbocycles. The van der Waals surface area contributed by atoms with Crippen molar-refractivity contribution in [3.05, 3.63) is 71.8 Å². The number of carboxylic acid groups (broad SMARTS) is 1. The lowest BCUT2D eigenvalue weighted by Crippen LogP contribution is -2.60. The fourth-order valence-electron chi connectivity index (χ4n) is 3.88. The van der Waals surface area contributed by atoms with Crippen LogP contribution >= 0.6 is 0 Å². The Morgan fingerprint density at radius 1 is 0.763 bits per heavy atom. The first-order valence-corrected chi connectivity index (χ1v) is 12.7. The minimum Gasteiger partial charge on any atom is -0.480 e. The summed E-state index contributed by atoms with van der Waals surface area (Å²) in [5.74, 6) is -3.70. The van der Waals surface area contributed by atoms with Crippen LogP contribution < -0.4 is 21.7 Å². The summed E-state index contributed by atoms with van der Waals surface area (Å²) in [5.41, 5.74) is 7.73. The van der Waals surface area contributed by atoms with Gasteiger partial charge in [-0.1, -0.05) is 80.9 Å². The summed E-state index contributed by atoms with van der Waals surface area (Å²) in [6, 6.07) is 13.5. The molecule has 206 valence electrons. The lowest BCUT2D eigenvalue weighted by Gasteiger charge is -2.28. The number of nitrogens with two attached hydrogens (primary N) is 1. The molecule has 10 heteroatoms. The number of carbonyl (C=O) groups is 4. The highest BCUT2D eigenvalue weighted by Gasteiger charge is 2.34. The summed E-state index contributed by atoms with van der Waals surface area (Å²) < 4.78 is 0. The van der Waals surface area contributed by atoms with Crippen molar-refractivity contribution < 1.29 is 29.4 Å². The Bertz CT molecular complexity index is 1060. The number of aliphatic carboxylic acids is 1. The molecule has 6 atom stereocenters. The second-order valence-corrected chi connectivity index (χ2v) is 9.48. The number of rotatable bonds is 14. The van der Waals surface area contributed by atoms with Gasteiger partial charge in [-0.05, 0) is 30.4 Å². The predicted molar refractivity (Wildman–Crippen MR) is 143 cm³/mol. The van der Waals surface area contributed by atoms with Crippen molar-refractivity contribution in [1.82, 2.24) is 16.0 Å². The van der Waals surface area contributed by atoms with Crippen molar-refractivity contribution in [2.75, 3.05) is 0 Å². The zero-order valence-electron chi connectivity index (χ0n) is 22.0. The Labute approximate surface area is 223 Å². The predicted octanol–water partition coefficient (Wildman–Crippen LogP) is 0.765. The van der Waals surface area contributed by atoms with Gasteiger partial charge in [-0.15, -0.1) is 0 Å². The van der Waals surface area contributed by atoms with E-state index in [9.17, 15) is 29.4 Å². The molecule has 10 nitrogen and oxygen atoms in total. The van der Waals surface area contributed by atoms with Gasteiger partial charge < -0.3 is 31.9 Å². The monoisotopic (exact) mass is 526 g/mol. The molecule has 2 aromatic carbocycles. The molecule has 2 aromatic rings. The Balaban J connectivity index is 2.20. The number of hydrogen-bond acceptors (Lipinski definition) is 6. The fraction of sp³-hybridized carbons (Fsp3) is 0.429. The first kappa shape index (κ1) is 30.5. The number of hydrogen-bond donors (Lipinski definition) is 6. The number of nitrogens with one attached hydrogen (secondary N) is 3. The van der Waals surface area contributed by atoms with Crippen molar-refractivity contribution in [3.63, 3.8) is 0 Å². The van der Waals surface area contributed by atoms with E-state index < -0.39 is 54.0 Å². The van der Waals surface area contributed by atoms with E-state index in [1.54, 1.807) is 38.1 Å². The van der Waals surface area contributed by atoms with Crippen molar-refractivity contribution >= 4 is 23.7 Å². The van der Waals surface area contributed by atoms with Gasteiger partial charge in [-0.25, -0.2) is 4.79 Å². The van der Waals surface area contributed by atoms with Crippen molar-refractivity contribution in [2.45, 2.75) is 70.3 Å². The summed E-state index contributed by atoms with van der Waals surface area (Å²) in [5, 5.41) is 27.3. The van der Waals surface area contributed by atoms with E-state index in [0.717, 1.165) is 11.1 Å². The minimum atomic E-state index is -1.44. The van der Waals surface area contributed by atoms with E-state index >= 15 is 0 Å². The summed E-state index contributed by atoms with van der Waals surface area (Å²) in [6.45, 7) is 4.78. The van der Waals surface area contributed by atoms with Crippen LogP contribution in [0, 0.1) is 5.92 Å². The van der Waals surface area contributed by atoms with Gasteiger partial charge in [0.15, 0.2) is 0 Å². The first-order chi connectivity index (χ1) is 18.0. The van der Waals surface area contributed by atoms with Crippen LogP contribution in [-0.4, -0.2) is 64.2 Å². The lowest BCUT2D eigenvalue weighted by atomic mass is 9.98. The van der Waals surface area contributed by atoms with Crippen LogP contribution in [0.1, 0.15) is 38.3 Å². The van der Waals surface area contributed by atoms with Gasteiger partial charge in [-0.3, -0.25) is 14.4 Å². The molecule has 38 heavy (non-hydrogen) atoms. The van der Waals surface area contributed by atoms with E-state index in [-0.39, 0.29) is 18.8 Å². The maximum Gasteiger partial charge on any atom is 0.326 e. The number of carboxylic acids is 1. The molecular weight excluding hydrogens is 488 g/mol. The van der Waals surface area contributed by atoms with Gasteiger partial charge in [0.25, 0.3) is 0 Å². The van der Waals surface area contributed by atoms with Crippen LogP contribution in [0.5, 0.6) is 0 Å². The molecule has 0 saturated carbocycles. The lowest BCUT2D eigenvalue weighted by molar-refractivity contribution is -0.144. The average molecular weight is 527 g/mol. The second-order valence-electron chi connectivity index (χ2n) is 9.48. The number of benzene rings is 2. The molecule has 0 spiro atoms. The van der Waals surface area contributed by atoms with Gasteiger partial charge in [0.1, 0.15) is 18.1 Å². The third-order valence-electron chi connectivity index (χ3n) is 6.39. The molecule has 3 amide bonds. The van der Waals surface area contributed by atoms with Crippen LogP contribution in [0.2, 0.25) is 0 Å². The van der Waals surface area contributed by atoms with Gasteiger partial charge >= 0.3 is 5.97 Å². The Morgan fingerprint density at radius 2 is 1.26 bits per heavy atom. The van der Waals surface area contributed by atoms with Crippen LogP contribution in [0.3, 0.4) is 0 Å². The highest BCUT2D eigenvalue weighted by Crippen LogP contribution is 2.10. The highest BCUT2D eigenvalue weighted by molar-refractivity contribution is 5.94. The fourth-order valence-corrected chi connectivity index (χ4v) is 3.88. The number of aliphatic hydroxyl groups is 1. The molecule has 0 aliphatic rings. The molecule has 7 N–H and O–H groups in total. The molecule has 0 aliphatic heterocycles. The van der Waals surface area contributed by atoms with Crippen LogP contribution in [0.25, 0.3) is 0 Å². The summed E-state index contributed by atoms with van der Waals surface area (Å²) in [7, 11) is 0. The first-order valence-electron chi connectivity index (χ1n) is 12.7. The SMILES string of the molecule is CCC(C)C(NC(=O)C(NC(=O)C(Cc1ccccc1)NC(=O)C(N)Cc1ccccc1)C(C)O)C(=O)O. The van der Waals surface area contributed by atoms with Gasteiger partial charge in [0.05, 0.1) is 12.1 Å². The largest absolute Gasteiger partial charge is 0.480 e. The summed E-state index contributed by atoms with van der Waals surface area (Å²) in [4.78, 5) is 50.8. The molecule has 6 unspecified atom stereocenters. The van der Waals surface area contributed by atoms with Gasteiger partial charge in [-0.2, -0.15) is 0 Å². The number of aliphatic hydroxyl groups excluding tert-OH is 1. The van der Waals surface area contributed by atoms with Crippen LogP contribution in [0.4, 0.5) is 0 Å². The minimum absolute atomic E-state index is 0.106. The maximum atomic E-state index is 13.3. The molecule has 0 aromatic heterocycles. The topological polar surface area (TPSA) is 171 Å². The smallest absolute Gasteiger partial charge is 0.326 e. The number of amides is 3. The summed E-state index contributed by atoms with van der Waals surface area (Å²) >= 11 is 0. The average Bonchev–Trinajstić information content (AvgIpc) is 2.89. The van der Waals surface area contributed by atoms with Gasteiger partial charge in [0.2, 0.25) is 17.7 Å². The van der Waals surface area contributed by atoms with Crippen LogP contribution in [-0.2, 0) is 32.0 Å². The summed E-state index contributed by atoms with van der Waals surface area (Å²) in [6.07, 6.45) is -0.470. The molecule has 0 radical (unpaired) electrons. The third kappa shape index (κ3) is 9.28. The van der Waals surface area contributed by atoms with Crippen molar-refractivity contribution in [2.24, 2.45) is 11.7 Å². The van der Waals surface area contributed by atoms with Crippen LogP contribution in [0.15, 0.2) is 60.7 Å². The Hall–Kier alpha value is -3.76. The van der Waals surface area contributed by atoms with E-state index in [4.69, 9.17) is 5.73 Å². The number of carbonyl (C=O) groups excluding carboxylic acids is 3. The third-order valence-corrected chi connectivity index (χ3v) is 6.39. The Kier molecular flexibility index (Phi) is 11.9. The molecular formula is C28H38N4O6. The Morgan fingerprint density at radius 3 is 1.74 bits per heavy atom. The molecule has 0 fully saturated rings. The van der Waals surface area contributed by atoms with Crippen molar-refractivity contribution in [3.8, 4) is 0 Å². The highest BCUT2D eigenvalue weighted by atomic mass is 16.4. The van der Waals surface area contributed by atoms with E-state index in [2.05, 4.69) is 16.0 Å². The maximum absolute atomic E-state index is 13.3. The molecule has 0 heterocycles. The van der Waals surface area contributed by atoms with E-state index in [1.165, 1.54) is 6.92 Å². The molecule has 0 saturated heterocycles. The van der Waals surface area contributed by atoms with Gasteiger partial charge in [0, 0.05) is 6.42 Å². The quantitative estimate of drug-likeness (QED) is 0.211. The van der Waals surface area contributed by atoms with E-state index in [0.29, 0.717) is 6.42 Å². The molecule has 2 rings (SSSR count). The zero-order valence-corrected chi connectivity index (χ0v) is 22.0.